The fourth-order valence-electron chi connectivity index (χ4n) is 1.64. The number of benzene rings is 1. The molecule has 0 aliphatic heterocycles. The quantitative estimate of drug-likeness (QED) is 0.873. The summed E-state index contributed by atoms with van der Waals surface area (Å²) in [5, 5.41) is 2.65. The molecule has 5 nitrogen and oxygen atoms in total. The normalized spacial score (nSPS) is 10.1. The van der Waals surface area contributed by atoms with Gasteiger partial charge in [-0.2, -0.15) is 0 Å². The van der Waals surface area contributed by atoms with Gasteiger partial charge in [-0.05, 0) is 30.3 Å². The van der Waals surface area contributed by atoms with Gasteiger partial charge in [-0.25, -0.2) is 4.79 Å². The van der Waals surface area contributed by atoms with E-state index in [1.54, 1.807) is 48.1 Å². The Morgan fingerprint density at radius 3 is 2.75 bits per heavy atom. The third-order valence-electron chi connectivity index (χ3n) is 2.60. The third kappa shape index (κ3) is 3.71. The number of carbonyl (C=O) groups is 2. The van der Waals surface area contributed by atoms with Gasteiger partial charge in [0.1, 0.15) is 5.69 Å². The van der Waals surface area contributed by atoms with E-state index in [1.807, 2.05) is 6.07 Å². The van der Waals surface area contributed by atoms with Crippen molar-refractivity contribution in [2.75, 3.05) is 11.9 Å². The van der Waals surface area contributed by atoms with Crippen LogP contribution >= 0.6 is 15.9 Å². The number of ether oxygens (including phenoxy) is 1. The summed E-state index contributed by atoms with van der Waals surface area (Å²) in [5.41, 5.74) is 1.04. The van der Waals surface area contributed by atoms with E-state index in [-0.39, 0.29) is 12.5 Å². The molecule has 0 bridgehead atoms. The Bertz CT molecular complexity index is 637. The first-order valence-electron chi connectivity index (χ1n) is 5.90. The fraction of sp³-hybridized carbons (Fsp3) is 0.143. The Balaban J connectivity index is 1.87. The van der Waals surface area contributed by atoms with Crippen molar-refractivity contribution >= 4 is 33.5 Å². The maximum absolute atomic E-state index is 11.7. The van der Waals surface area contributed by atoms with E-state index in [2.05, 4.69) is 21.2 Å². The van der Waals surface area contributed by atoms with Crippen molar-refractivity contribution in [1.29, 1.82) is 0 Å². The standard InChI is InChI=1S/C14H13BrN2O3/c1-17-7-3-6-12(17)14(19)20-9-13(18)16-11-5-2-4-10(15)8-11/h2-8H,9H2,1H3,(H,16,18). The highest BCUT2D eigenvalue weighted by Gasteiger charge is 2.12. The summed E-state index contributed by atoms with van der Waals surface area (Å²) in [6.45, 7) is -0.323. The minimum absolute atomic E-state index is 0.323. The van der Waals surface area contributed by atoms with Crippen molar-refractivity contribution < 1.29 is 14.3 Å². The predicted octanol–water partition coefficient (Wildman–Crippen LogP) is 2.58. The smallest absolute Gasteiger partial charge is 0.355 e. The number of hydrogen-bond acceptors (Lipinski definition) is 3. The zero-order valence-electron chi connectivity index (χ0n) is 10.8. The summed E-state index contributed by atoms with van der Waals surface area (Å²) < 4.78 is 7.44. The Hall–Kier alpha value is -2.08. The Kier molecular flexibility index (Phi) is 4.57. The lowest BCUT2D eigenvalue weighted by atomic mass is 10.3. The SMILES string of the molecule is Cn1cccc1C(=O)OCC(=O)Nc1cccc(Br)c1. The molecule has 2 aromatic rings. The van der Waals surface area contributed by atoms with Gasteiger partial charge in [0.15, 0.2) is 6.61 Å². The van der Waals surface area contributed by atoms with Crippen molar-refractivity contribution in [3.05, 3.63) is 52.8 Å². The van der Waals surface area contributed by atoms with Crippen LogP contribution in [0.5, 0.6) is 0 Å². The first-order chi connectivity index (χ1) is 9.56. The highest BCUT2D eigenvalue weighted by molar-refractivity contribution is 9.10. The molecular formula is C14H13BrN2O3. The van der Waals surface area contributed by atoms with Crippen LogP contribution in [0.15, 0.2) is 47.1 Å². The zero-order valence-corrected chi connectivity index (χ0v) is 12.4. The van der Waals surface area contributed by atoms with Gasteiger partial charge in [0.05, 0.1) is 0 Å². The minimum Gasteiger partial charge on any atom is -0.451 e. The van der Waals surface area contributed by atoms with Crippen molar-refractivity contribution in [3.8, 4) is 0 Å². The molecule has 0 aliphatic rings. The van der Waals surface area contributed by atoms with Gasteiger partial charge in [-0.1, -0.05) is 22.0 Å². The molecule has 0 radical (unpaired) electrons. The second-order valence-electron chi connectivity index (χ2n) is 4.14. The molecule has 0 spiro atoms. The van der Waals surface area contributed by atoms with Crippen molar-refractivity contribution in [2.45, 2.75) is 0 Å². The van der Waals surface area contributed by atoms with E-state index in [0.717, 1.165) is 4.47 Å². The molecule has 6 heteroatoms. The second-order valence-corrected chi connectivity index (χ2v) is 5.05. The van der Waals surface area contributed by atoms with Gasteiger partial charge in [0.2, 0.25) is 0 Å². The van der Waals surface area contributed by atoms with E-state index in [9.17, 15) is 9.59 Å². The summed E-state index contributed by atoms with van der Waals surface area (Å²) in [5.74, 6) is -0.910. The summed E-state index contributed by atoms with van der Waals surface area (Å²) in [4.78, 5) is 23.4. The van der Waals surface area contributed by atoms with Gasteiger partial charge in [0, 0.05) is 23.4 Å². The number of anilines is 1. The monoisotopic (exact) mass is 336 g/mol. The number of aryl methyl sites for hydroxylation is 1. The number of esters is 1. The van der Waals surface area contributed by atoms with Gasteiger partial charge < -0.3 is 14.6 Å². The second kappa shape index (κ2) is 6.38. The largest absolute Gasteiger partial charge is 0.451 e. The van der Waals surface area contributed by atoms with Gasteiger partial charge >= 0.3 is 5.97 Å². The number of aromatic nitrogens is 1. The lowest BCUT2D eigenvalue weighted by Crippen LogP contribution is -2.21. The lowest BCUT2D eigenvalue weighted by Gasteiger charge is -2.07. The minimum atomic E-state index is -0.526. The first-order valence-corrected chi connectivity index (χ1v) is 6.69. The highest BCUT2D eigenvalue weighted by atomic mass is 79.9. The highest BCUT2D eigenvalue weighted by Crippen LogP contribution is 2.15. The molecule has 1 heterocycles. The average molecular weight is 337 g/mol. The van der Waals surface area contributed by atoms with E-state index in [1.165, 1.54) is 0 Å². The number of amides is 1. The number of carbonyl (C=O) groups excluding carboxylic acids is 2. The number of hydrogen-bond donors (Lipinski definition) is 1. The fourth-order valence-corrected chi connectivity index (χ4v) is 2.04. The number of halogens is 1. The lowest BCUT2D eigenvalue weighted by molar-refractivity contribution is -0.119. The van der Waals surface area contributed by atoms with Crippen molar-refractivity contribution in [2.24, 2.45) is 7.05 Å². The van der Waals surface area contributed by atoms with Gasteiger partial charge in [0.25, 0.3) is 5.91 Å². The maximum Gasteiger partial charge on any atom is 0.355 e. The number of rotatable bonds is 4. The zero-order chi connectivity index (χ0) is 14.5. The topological polar surface area (TPSA) is 60.3 Å². The molecule has 0 atom stereocenters. The van der Waals surface area contributed by atoms with E-state index in [4.69, 9.17) is 4.74 Å². The Morgan fingerprint density at radius 1 is 1.30 bits per heavy atom. The Labute approximate surface area is 124 Å². The summed E-state index contributed by atoms with van der Waals surface area (Å²) in [6, 6.07) is 10.5. The molecule has 104 valence electrons. The Morgan fingerprint density at radius 2 is 2.10 bits per heavy atom. The number of nitrogens with zero attached hydrogens (tertiary/aromatic N) is 1. The van der Waals surface area contributed by atoms with Crippen LogP contribution in [0, 0.1) is 0 Å². The molecule has 1 N–H and O–H groups in total. The van der Waals surface area contributed by atoms with Crippen LogP contribution in [0.4, 0.5) is 5.69 Å². The summed E-state index contributed by atoms with van der Waals surface area (Å²) in [7, 11) is 1.73. The van der Waals surface area contributed by atoms with Crippen LogP contribution in [-0.4, -0.2) is 23.1 Å². The van der Waals surface area contributed by atoms with Crippen LogP contribution in [0.1, 0.15) is 10.5 Å². The van der Waals surface area contributed by atoms with Crippen molar-refractivity contribution in [1.82, 2.24) is 4.57 Å². The summed E-state index contributed by atoms with van der Waals surface area (Å²) in [6.07, 6.45) is 1.73. The molecule has 2 rings (SSSR count). The van der Waals surface area contributed by atoms with Crippen LogP contribution in [-0.2, 0) is 16.6 Å². The van der Waals surface area contributed by atoms with Crippen LogP contribution < -0.4 is 5.32 Å². The van der Waals surface area contributed by atoms with Crippen LogP contribution in [0.2, 0.25) is 0 Å². The summed E-state index contributed by atoms with van der Waals surface area (Å²) >= 11 is 3.31. The van der Waals surface area contributed by atoms with Gasteiger partial charge in [-0.3, -0.25) is 4.79 Å². The average Bonchev–Trinajstić information content (AvgIpc) is 2.82. The maximum atomic E-state index is 11.7. The van der Waals surface area contributed by atoms with Gasteiger partial charge in [-0.15, -0.1) is 0 Å². The van der Waals surface area contributed by atoms with Crippen LogP contribution in [0.25, 0.3) is 0 Å². The molecule has 1 aromatic heterocycles. The predicted molar refractivity (Wildman–Crippen MR) is 78.5 cm³/mol. The first kappa shape index (κ1) is 14.3. The molecule has 0 fully saturated rings. The molecule has 20 heavy (non-hydrogen) atoms. The molecule has 0 saturated heterocycles. The number of nitrogens with one attached hydrogen (secondary N) is 1. The van der Waals surface area contributed by atoms with E-state index in [0.29, 0.717) is 11.4 Å². The molecule has 0 unspecified atom stereocenters. The van der Waals surface area contributed by atoms with Crippen LogP contribution in [0.3, 0.4) is 0 Å². The molecule has 0 aliphatic carbocycles. The van der Waals surface area contributed by atoms with E-state index < -0.39 is 5.97 Å². The molecule has 0 saturated carbocycles. The molecule has 1 amide bonds. The molecule has 1 aromatic carbocycles. The third-order valence-corrected chi connectivity index (χ3v) is 3.09. The van der Waals surface area contributed by atoms with E-state index >= 15 is 0 Å². The van der Waals surface area contributed by atoms with Crippen molar-refractivity contribution in [3.63, 3.8) is 0 Å². The molecular weight excluding hydrogens is 324 g/mol.